The maximum atomic E-state index is 12.8. The van der Waals surface area contributed by atoms with Crippen LogP contribution in [0.2, 0.25) is 0 Å². The molecule has 0 saturated carbocycles. The lowest BCUT2D eigenvalue weighted by molar-refractivity contribution is 0.0579. The maximum absolute atomic E-state index is 12.8. The third-order valence-electron chi connectivity index (χ3n) is 4.77. The molecule has 2 aromatic carbocycles. The predicted molar refractivity (Wildman–Crippen MR) is 95.3 cm³/mol. The molecule has 126 valence electrons. The highest BCUT2D eigenvalue weighted by Crippen LogP contribution is 2.23. The molecule has 0 spiro atoms. The molecule has 1 fully saturated rings. The van der Waals surface area contributed by atoms with Crippen molar-refractivity contribution in [3.05, 3.63) is 65.7 Å². The molecule has 0 N–H and O–H groups in total. The van der Waals surface area contributed by atoms with Crippen LogP contribution in [-0.2, 0) is 0 Å². The second kappa shape index (κ2) is 7.49. The standard InChI is InChI=1S/C20H24N2O2/c1-16(17-8-4-3-5-9-17)21-12-14-22(15-13-21)20(23)18-10-6-7-11-19(18)24-2/h3-11,16H,12-15H2,1-2H3. The smallest absolute Gasteiger partial charge is 0.257 e. The van der Waals surface area contributed by atoms with Gasteiger partial charge >= 0.3 is 0 Å². The minimum absolute atomic E-state index is 0.0551. The van der Waals surface area contributed by atoms with E-state index in [9.17, 15) is 4.79 Å². The van der Waals surface area contributed by atoms with Crippen LogP contribution in [0.25, 0.3) is 0 Å². The van der Waals surface area contributed by atoms with Crippen LogP contribution >= 0.6 is 0 Å². The fourth-order valence-corrected chi connectivity index (χ4v) is 3.25. The number of nitrogens with zero attached hydrogens (tertiary/aromatic N) is 2. The summed E-state index contributed by atoms with van der Waals surface area (Å²) in [6, 6.07) is 18.3. The molecular weight excluding hydrogens is 300 g/mol. The first-order valence-corrected chi connectivity index (χ1v) is 8.42. The number of carbonyl (C=O) groups is 1. The van der Waals surface area contributed by atoms with E-state index in [1.54, 1.807) is 7.11 Å². The summed E-state index contributed by atoms with van der Waals surface area (Å²) >= 11 is 0. The van der Waals surface area contributed by atoms with Gasteiger partial charge in [-0.2, -0.15) is 0 Å². The number of hydrogen-bond donors (Lipinski definition) is 0. The van der Waals surface area contributed by atoms with Crippen molar-refractivity contribution < 1.29 is 9.53 Å². The van der Waals surface area contributed by atoms with Gasteiger partial charge in [0.1, 0.15) is 5.75 Å². The highest BCUT2D eigenvalue weighted by atomic mass is 16.5. The van der Waals surface area contributed by atoms with Gasteiger partial charge in [-0.25, -0.2) is 0 Å². The first-order valence-electron chi connectivity index (χ1n) is 8.42. The van der Waals surface area contributed by atoms with Gasteiger partial charge in [-0.1, -0.05) is 42.5 Å². The number of para-hydroxylation sites is 1. The number of carbonyl (C=O) groups excluding carboxylic acids is 1. The molecule has 1 atom stereocenters. The summed E-state index contributed by atoms with van der Waals surface area (Å²) in [4.78, 5) is 17.1. The van der Waals surface area contributed by atoms with Gasteiger partial charge in [0.25, 0.3) is 5.91 Å². The Morgan fingerprint density at radius 3 is 2.25 bits per heavy atom. The molecule has 1 unspecified atom stereocenters. The summed E-state index contributed by atoms with van der Waals surface area (Å²) in [5.41, 5.74) is 1.96. The van der Waals surface area contributed by atoms with Crippen LogP contribution in [0.15, 0.2) is 54.6 Å². The molecule has 3 rings (SSSR count). The minimum atomic E-state index is 0.0551. The van der Waals surface area contributed by atoms with Gasteiger partial charge < -0.3 is 9.64 Å². The zero-order valence-corrected chi connectivity index (χ0v) is 14.3. The Bertz CT molecular complexity index is 679. The number of amides is 1. The van der Waals surface area contributed by atoms with Crippen LogP contribution in [0.4, 0.5) is 0 Å². The Labute approximate surface area is 143 Å². The molecule has 0 aromatic heterocycles. The molecule has 4 heteroatoms. The third-order valence-corrected chi connectivity index (χ3v) is 4.77. The van der Waals surface area contributed by atoms with E-state index >= 15 is 0 Å². The average molecular weight is 324 g/mol. The zero-order valence-electron chi connectivity index (χ0n) is 14.3. The lowest BCUT2D eigenvalue weighted by Crippen LogP contribution is -2.49. The molecule has 1 amide bonds. The summed E-state index contributed by atoms with van der Waals surface area (Å²) in [5.74, 6) is 0.696. The van der Waals surface area contributed by atoms with Gasteiger partial charge in [0, 0.05) is 32.2 Å². The number of hydrogen-bond acceptors (Lipinski definition) is 3. The first-order chi connectivity index (χ1) is 11.7. The summed E-state index contributed by atoms with van der Waals surface area (Å²) in [7, 11) is 1.60. The van der Waals surface area contributed by atoms with Crippen molar-refractivity contribution in [1.82, 2.24) is 9.80 Å². The molecule has 1 aliphatic rings. The monoisotopic (exact) mass is 324 g/mol. The Morgan fingerprint density at radius 1 is 0.958 bits per heavy atom. The van der Waals surface area contributed by atoms with E-state index in [0.29, 0.717) is 17.4 Å². The van der Waals surface area contributed by atoms with Crippen LogP contribution in [0.5, 0.6) is 5.75 Å². The molecule has 1 aliphatic heterocycles. The molecule has 4 nitrogen and oxygen atoms in total. The Kier molecular flexibility index (Phi) is 5.16. The van der Waals surface area contributed by atoms with Crippen molar-refractivity contribution >= 4 is 5.91 Å². The predicted octanol–water partition coefficient (Wildman–Crippen LogP) is 3.21. The van der Waals surface area contributed by atoms with E-state index in [2.05, 4.69) is 36.1 Å². The van der Waals surface area contributed by atoms with Crippen molar-refractivity contribution in [2.45, 2.75) is 13.0 Å². The Morgan fingerprint density at radius 2 is 1.58 bits per heavy atom. The molecule has 1 saturated heterocycles. The Balaban J connectivity index is 1.64. The van der Waals surface area contributed by atoms with E-state index in [0.717, 1.165) is 26.2 Å². The normalized spacial score (nSPS) is 16.7. The van der Waals surface area contributed by atoms with E-state index < -0.39 is 0 Å². The van der Waals surface area contributed by atoms with Crippen LogP contribution < -0.4 is 4.74 Å². The molecule has 1 heterocycles. The van der Waals surface area contributed by atoms with Crippen LogP contribution in [-0.4, -0.2) is 49.0 Å². The van der Waals surface area contributed by atoms with Crippen LogP contribution in [0.1, 0.15) is 28.9 Å². The maximum Gasteiger partial charge on any atom is 0.257 e. The van der Waals surface area contributed by atoms with Crippen LogP contribution in [0, 0.1) is 0 Å². The zero-order chi connectivity index (χ0) is 16.9. The Hall–Kier alpha value is -2.33. The lowest BCUT2D eigenvalue weighted by atomic mass is 10.1. The SMILES string of the molecule is COc1ccccc1C(=O)N1CCN(C(C)c2ccccc2)CC1. The molecular formula is C20H24N2O2. The second-order valence-corrected chi connectivity index (χ2v) is 6.12. The van der Waals surface area contributed by atoms with Gasteiger partial charge in [-0.05, 0) is 24.6 Å². The molecule has 2 aromatic rings. The van der Waals surface area contributed by atoms with E-state index in [1.165, 1.54) is 5.56 Å². The number of piperazine rings is 1. The van der Waals surface area contributed by atoms with E-state index in [1.807, 2.05) is 35.2 Å². The largest absolute Gasteiger partial charge is 0.496 e. The summed E-state index contributed by atoms with van der Waals surface area (Å²) in [6.45, 7) is 5.49. The fourth-order valence-electron chi connectivity index (χ4n) is 3.25. The first kappa shape index (κ1) is 16.5. The number of methoxy groups -OCH3 is 1. The van der Waals surface area contributed by atoms with Gasteiger partial charge in [0.2, 0.25) is 0 Å². The van der Waals surface area contributed by atoms with Gasteiger partial charge in [-0.3, -0.25) is 9.69 Å². The topological polar surface area (TPSA) is 32.8 Å². The second-order valence-electron chi connectivity index (χ2n) is 6.12. The molecule has 0 bridgehead atoms. The highest BCUT2D eigenvalue weighted by molar-refractivity contribution is 5.97. The summed E-state index contributed by atoms with van der Waals surface area (Å²) in [6.07, 6.45) is 0. The van der Waals surface area contributed by atoms with Gasteiger partial charge in [0.05, 0.1) is 12.7 Å². The quantitative estimate of drug-likeness (QED) is 0.866. The lowest BCUT2D eigenvalue weighted by Gasteiger charge is -2.38. The van der Waals surface area contributed by atoms with E-state index in [-0.39, 0.29) is 5.91 Å². The van der Waals surface area contributed by atoms with Gasteiger partial charge in [0.15, 0.2) is 0 Å². The van der Waals surface area contributed by atoms with Gasteiger partial charge in [-0.15, -0.1) is 0 Å². The molecule has 0 radical (unpaired) electrons. The van der Waals surface area contributed by atoms with Crippen molar-refractivity contribution in [3.8, 4) is 5.75 Å². The third kappa shape index (κ3) is 3.44. The number of benzene rings is 2. The summed E-state index contributed by atoms with van der Waals surface area (Å²) < 4.78 is 5.32. The average Bonchev–Trinajstić information content (AvgIpc) is 2.67. The van der Waals surface area contributed by atoms with Crippen molar-refractivity contribution in [2.24, 2.45) is 0 Å². The van der Waals surface area contributed by atoms with E-state index in [4.69, 9.17) is 4.74 Å². The van der Waals surface area contributed by atoms with Crippen molar-refractivity contribution in [3.63, 3.8) is 0 Å². The molecule has 0 aliphatic carbocycles. The van der Waals surface area contributed by atoms with Crippen molar-refractivity contribution in [1.29, 1.82) is 0 Å². The summed E-state index contributed by atoms with van der Waals surface area (Å²) in [5, 5.41) is 0. The molecule has 24 heavy (non-hydrogen) atoms. The minimum Gasteiger partial charge on any atom is -0.496 e. The highest BCUT2D eigenvalue weighted by Gasteiger charge is 2.26. The number of rotatable bonds is 4. The fraction of sp³-hybridized carbons (Fsp3) is 0.350. The van der Waals surface area contributed by atoms with Crippen molar-refractivity contribution in [2.75, 3.05) is 33.3 Å². The van der Waals surface area contributed by atoms with Crippen LogP contribution in [0.3, 0.4) is 0 Å². The number of ether oxygens (including phenoxy) is 1.